The van der Waals surface area contributed by atoms with E-state index < -0.39 is 5.54 Å². The summed E-state index contributed by atoms with van der Waals surface area (Å²) in [5.74, 6) is 0.727. The third-order valence-electron chi connectivity index (χ3n) is 3.18. The molecule has 0 unspecified atom stereocenters. The summed E-state index contributed by atoms with van der Waals surface area (Å²) >= 11 is 0. The molecule has 0 aliphatic heterocycles. The minimum atomic E-state index is -0.437. The molecular formula is C11H17N3O3. The molecule has 1 heterocycles. The molecule has 0 spiro atoms. The first kappa shape index (κ1) is 12.0. The molecule has 0 bridgehead atoms. The van der Waals surface area contributed by atoms with Crippen LogP contribution in [0.1, 0.15) is 43.8 Å². The molecule has 1 aromatic rings. The van der Waals surface area contributed by atoms with Gasteiger partial charge in [-0.25, -0.2) is 0 Å². The van der Waals surface area contributed by atoms with Gasteiger partial charge in [-0.05, 0) is 12.8 Å². The number of aryl methyl sites for hydroxylation is 1. The second kappa shape index (κ2) is 4.83. The Hall–Kier alpha value is -1.43. The summed E-state index contributed by atoms with van der Waals surface area (Å²) in [6.07, 6.45) is 4.63. The van der Waals surface area contributed by atoms with Crippen molar-refractivity contribution in [3.05, 3.63) is 11.7 Å². The largest absolute Gasteiger partial charge is 0.469 e. The van der Waals surface area contributed by atoms with Gasteiger partial charge in [0, 0.05) is 6.42 Å². The number of rotatable bonds is 4. The van der Waals surface area contributed by atoms with E-state index in [1.807, 2.05) is 0 Å². The first-order valence-corrected chi connectivity index (χ1v) is 5.83. The predicted octanol–water partition coefficient (Wildman–Crippen LogP) is 0.903. The average Bonchev–Trinajstić information content (AvgIpc) is 2.95. The molecule has 0 radical (unpaired) electrons. The van der Waals surface area contributed by atoms with Crippen molar-refractivity contribution in [2.75, 3.05) is 7.11 Å². The van der Waals surface area contributed by atoms with Gasteiger partial charge in [-0.2, -0.15) is 4.98 Å². The predicted molar refractivity (Wildman–Crippen MR) is 59.0 cm³/mol. The molecule has 1 aliphatic rings. The summed E-state index contributed by atoms with van der Waals surface area (Å²) in [7, 11) is 1.36. The summed E-state index contributed by atoms with van der Waals surface area (Å²) in [5.41, 5.74) is 5.76. The maximum Gasteiger partial charge on any atom is 0.306 e. The number of aromatic nitrogens is 2. The van der Waals surface area contributed by atoms with Gasteiger partial charge >= 0.3 is 5.97 Å². The highest BCUT2D eigenvalue weighted by molar-refractivity contribution is 5.69. The van der Waals surface area contributed by atoms with Crippen molar-refractivity contribution in [2.45, 2.75) is 44.1 Å². The van der Waals surface area contributed by atoms with Crippen LogP contribution in [0.15, 0.2) is 4.52 Å². The molecular weight excluding hydrogens is 222 g/mol. The van der Waals surface area contributed by atoms with Crippen LogP contribution in [-0.2, 0) is 21.5 Å². The molecule has 1 fully saturated rings. The molecule has 17 heavy (non-hydrogen) atoms. The van der Waals surface area contributed by atoms with E-state index in [9.17, 15) is 4.79 Å². The molecule has 0 amide bonds. The van der Waals surface area contributed by atoms with E-state index in [-0.39, 0.29) is 12.4 Å². The van der Waals surface area contributed by atoms with E-state index in [0.717, 1.165) is 25.7 Å². The summed E-state index contributed by atoms with van der Waals surface area (Å²) in [6, 6.07) is 0. The minimum Gasteiger partial charge on any atom is -0.469 e. The second-order valence-electron chi connectivity index (χ2n) is 4.45. The minimum absolute atomic E-state index is 0.246. The SMILES string of the molecule is COC(=O)CCc1nc(C2(N)CCCC2)no1. The van der Waals surface area contributed by atoms with Gasteiger partial charge in [0.1, 0.15) is 0 Å². The smallest absolute Gasteiger partial charge is 0.306 e. The number of hydrogen-bond acceptors (Lipinski definition) is 6. The Kier molecular flexibility index (Phi) is 3.42. The summed E-state index contributed by atoms with van der Waals surface area (Å²) < 4.78 is 9.63. The van der Waals surface area contributed by atoms with Crippen LogP contribution in [0.2, 0.25) is 0 Å². The average molecular weight is 239 g/mol. The Morgan fingerprint density at radius 3 is 2.88 bits per heavy atom. The zero-order valence-electron chi connectivity index (χ0n) is 9.94. The van der Waals surface area contributed by atoms with Crippen molar-refractivity contribution >= 4 is 5.97 Å². The fraction of sp³-hybridized carbons (Fsp3) is 0.727. The Bertz CT molecular complexity index is 396. The van der Waals surface area contributed by atoms with Crippen LogP contribution in [0.5, 0.6) is 0 Å². The zero-order chi connectivity index (χ0) is 12.3. The lowest BCUT2D eigenvalue weighted by Crippen LogP contribution is -2.34. The lowest BCUT2D eigenvalue weighted by molar-refractivity contribution is -0.140. The number of methoxy groups -OCH3 is 1. The summed E-state index contributed by atoms with van der Waals surface area (Å²) in [6.45, 7) is 0. The van der Waals surface area contributed by atoms with E-state index in [0.29, 0.717) is 18.1 Å². The van der Waals surface area contributed by atoms with Gasteiger partial charge in [0.2, 0.25) is 5.89 Å². The molecule has 1 aliphatic carbocycles. The van der Waals surface area contributed by atoms with Crippen LogP contribution in [0.4, 0.5) is 0 Å². The van der Waals surface area contributed by atoms with Gasteiger partial charge in [-0.1, -0.05) is 18.0 Å². The van der Waals surface area contributed by atoms with Crippen LogP contribution >= 0.6 is 0 Å². The summed E-state index contributed by atoms with van der Waals surface area (Å²) in [4.78, 5) is 15.2. The number of nitrogens with two attached hydrogens (primary N) is 1. The molecule has 1 saturated carbocycles. The van der Waals surface area contributed by atoms with Crippen molar-refractivity contribution in [2.24, 2.45) is 5.73 Å². The van der Waals surface area contributed by atoms with Crippen molar-refractivity contribution in [3.63, 3.8) is 0 Å². The molecule has 6 heteroatoms. The molecule has 0 atom stereocenters. The normalized spacial score (nSPS) is 18.2. The molecule has 6 nitrogen and oxygen atoms in total. The third-order valence-corrected chi connectivity index (χ3v) is 3.18. The third kappa shape index (κ3) is 2.63. The Labute approximate surface area is 99.5 Å². The van der Waals surface area contributed by atoms with Gasteiger partial charge in [-0.3, -0.25) is 4.79 Å². The Morgan fingerprint density at radius 1 is 1.53 bits per heavy atom. The van der Waals surface area contributed by atoms with E-state index in [1.165, 1.54) is 7.11 Å². The second-order valence-corrected chi connectivity index (χ2v) is 4.45. The molecule has 2 N–H and O–H groups in total. The number of carbonyl (C=O) groups excluding carboxylic acids is 1. The zero-order valence-corrected chi connectivity index (χ0v) is 9.94. The topological polar surface area (TPSA) is 91.2 Å². The van der Waals surface area contributed by atoms with E-state index in [1.54, 1.807) is 0 Å². The maximum absolute atomic E-state index is 11.0. The maximum atomic E-state index is 11.0. The van der Waals surface area contributed by atoms with E-state index >= 15 is 0 Å². The van der Waals surface area contributed by atoms with Crippen LogP contribution in [0, 0.1) is 0 Å². The Balaban J connectivity index is 1.98. The standard InChI is InChI=1S/C11H17N3O3/c1-16-9(15)5-4-8-13-10(14-17-8)11(12)6-2-3-7-11/h2-7,12H2,1H3. The van der Waals surface area contributed by atoms with Crippen molar-refractivity contribution in [1.82, 2.24) is 10.1 Å². The molecule has 2 rings (SSSR count). The fourth-order valence-corrected chi connectivity index (χ4v) is 2.10. The highest BCUT2D eigenvalue weighted by atomic mass is 16.5. The van der Waals surface area contributed by atoms with Gasteiger partial charge < -0.3 is 15.0 Å². The number of ether oxygens (including phenoxy) is 1. The number of nitrogens with zero attached hydrogens (tertiary/aromatic N) is 2. The fourth-order valence-electron chi connectivity index (χ4n) is 2.10. The highest BCUT2D eigenvalue weighted by Gasteiger charge is 2.35. The van der Waals surface area contributed by atoms with Crippen molar-refractivity contribution in [3.8, 4) is 0 Å². The highest BCUT2D eigenvalue weighted by Crippen LogP contribution is 2.34. The van der Waals surface area contributed by atoms with E-state index in [4.69, 9.17) is 10.3 Å². The van der Waals surface area contributed by atoms with Gasteiger partial charge in [0.15, 0.2) is 5.82 Å². The van der Waals surface area contributed by atoms with Crippen molar-refractivity contribution in [1.29, 1.82) is 0 Å². The van der Waals surface area contributed by atoms with Crippen LogP contribution in [-0.4, -0.2) is 23.2 Å². The molecule has 1 aromatic heterocycles. The van der Waals surface area contributed by atoms with E-state index in [2.05, 4.69) is 14.9 Å². The first-order chi connectivity index (χ1) is 8.14. The van der Waals surface area contributed by atoms with Crippen molar-refractivity contribution < 1.29 is 14.1 Å². The van der Waals surface area contributed by atoms with Crippen LogP contribution < -0.4 is 5.73 Å². The van der Waals surface area contributed by atoms with Gasteiger partial charge in [0.25, 0.3) is 0 Å². The number of esters is 1. The Morgan fingerprint density at radius 2 is 2.24 bits per heavy atom. The molecule has 0 aromatic carbocycles. The van der Waals surface area contributed by atoms with Crippen LogP contribution in [0.25, 0.3) is 0 Å². The number of hydrogen-bond donors (Lipinski definition) is 1. The molecule has 94 valence electrons. The van der Waals surface area contributed by atoms with Gasteiger partial charge in [0.05, 0.1) is 19.1 Å². The van der Waals surface area contributed by atoms with Crippen LogP contribution in [0.3, 0.4) is 0 Å². The monoisotopic (exact) mass is 239 g/mol. The summed E-state index contributed by atoms with van der Waals surface area (Å²) in [5, 5.41) is 3.91. The lowest BCUT2D eigenvalue weighted by Gasteiger charge is -2.17. The quantitative estimate of drug-likeness (QED) is 0.785. The molecule has 0 saturated heterocycles. The lowest BCUT2D eigenvalue weighted by atomic mass is 9.99. The number of carbonyl (C=O) groups is 1. The van der Waals surface area contributed by atoms with Gasteiger partial charge in [-0.15, -0.1) is 0 Å². The first-order valence-electron chi connectivity index (χ1n) is 5.83.